The van der Waals surface area contributed by atoms with E-state index in [1.54, 1.807) is 18.3 Å². The smallest absolute Gasteiger partial charge is 0.321 e. The zero-order chi connectivity index (χ0) is 17.8. The third-order valence-corrected chi connectivity index (χ3v) is 5.40. The first-order valence-corrected chi connectivity index (χ1v) is 9.34. The van der Waals surface area contributed by atoms with Crippen LogP contribution in [0.1, 0.15) is 6.92 Å². The van der Waals surface area contributed by atoms with Crippen molar-refractivity contribution in [2.75, 3.05) is 7.05 Å². The number of aromatic nitrogens is 2. The van der Waals surface area contributed by atoms with Crippen LogP contribution in [-0.4, -0.2) is 34.2 Å². The maximum Gasteiger partial charge on any atom is 0.321 e. The molecule has 0 aliphatic rings. The lowest BCUT2D eigenvalue weighted by Crippen LogP contribution is -2.41. The summed E-state index contributed by atoms with van der Waals surface area (Å²) in [6, 6.07) is 11.1. The van der Waals surface area contributed by atoms with Gasteiger partial charge in [-0.2, -0.15) is 0 Å². The Balaban J connectivity index is 1.94. The van der Waals surface area contributed by atoms with Gasteiger partial charge in [0.25, 0.3) is 0 Å². The highest BCUT2D eigenvalue weighted by atomic mass is 32.2. The van der Waals surface area contributed by atoms with E-state index in [1.807, 2.05) is 41.8 Å². The minimum atomic E-state index is -0.524. The number of nitrogens with one attached hydrogen (secondary N) is 2. The number of nitrogens with zero attached hydrogens (tertiary/aromatic N) is 2. The standard InChI is InChI=1S/C17H16N4O2S2/c1-10(15(22)21-17(23)18-2)25-16-11-6-3-4-7-12(11)19-14(20-16)13-8-5-9-24-13/h3-10H,1-2H3,(H2,18,21,22,23)/t10-/m1/s1. The Bertz CT molecular complexity index is 912. The summed E-state index contributed by atoms with van der Waals surface area (Å²) in [6.45, 7) is 1.74. The Hall–Kier alpha value is -2.45. The first-order valence-electron chi connectivity index (χ1n) is 7.58. The molecule has 8 heteroatoms. The fraction of sp³-hybridized carbons (Fsp3) is 0.176. The summed E-state index contributed by atoms with van der Waals surface area (Å²) >= 11 is 2.87. The van der Waals surface area contributed by atoms with Crippen LogP contribution in [-0.2, 0) is 4.79 Å². The van der Waals surface area contributed by atoms with Gasteiger partial charge in [0.2, 0.25) is 5.91 Å². The van der Waals surface area contributed by atoms with E-state index in [0.717, 1.165) is 15.8 Å². The summed E-state index contributed by atoms with van der Waals surface area (Å²) in [4.78, 5) is 33.7. The van der Waals surface area contributed by atoms with Crippen LogP contribution in [0.4, 0.5) is 4.79 Å². The Morgan fingerprint density at radius 1 is 1.16 bits per heavy atom. The van der Waals surface area contributed by atoms with Crippen molar-refractivity contribution < 1.29 is 9.59 Å². The maximum atomic E-state index is 12.1. The second-order valence-corrected chi connectivity index (χ2v) is 7.45. The van der Waals surface area contributed by atoms with E-state index in [2.05, 4.69) is 20.6 Å². The van der Waals surface area contributed by atoms with Crippen molar-refractivity contribution >= 4 is 45.9 Å². The molecule has 2 N–H and O–H groups in total. The van der Waals surface area contributed by atoms with Crippen molar-refractivity contribution in [1.29, 1.82) is 0 Å². The van der Waals surface area contributed by atoms with E-state index < -0.39 is 11.3 Å². The molecule has 0 aliphatic carbocycles. The average molecular weight is 372 g/mol. The average Bonchev–Trinajstić information content (AvgIpc) is 3.16. The molecular weight excluding hydrogens is 356 g/mol. The molecule has 1 aromatic carbocycles. The summed E-state index contributed by atoms with van der Waals surface area (Å²) in [5.41, 5.74) is 0.822. The highest BCUT2D eigenvalue weighted by Crippen LogP contribution is 2.32. The van der Waals surface area contributed by atoms with E-state index in [4.69, 9.17) is 0 Å². The van der Waals surface area contributed by atoms with Crippen LogP contribution in [0.5, 0.6) is 0 Å². The van der Waals surface area contributed by atoms with Crippen LogP contribution < -0.4 is 10.6 Å². The van der Waals surface area contributed by atoms with Gasteiger partial charge in [-0.05, 0) is 24.4 Å². The Morgan fingerprint density at radius 3 is 2.68 bits per heavy atom. The molecule has 1 atom stereocenters. The molecule has 25 heavy (non-hydrogen) atoms. The van der Waals surface area contributed by atoms with E-state index in [9.17, 15) is 9.59 Å². The molecule has 2 aromatic heterocycles. The number of imide groups is 1. The molecule has 0 radical (unpaired) electrons. The molecule has 3 aromatic rings. The predicted octanol–water partition coefficient (Wildman–Crippen LogP) is 3.29. The summed E-state index contributed by atoms with van der Waals surface area (Å²) in [5.74, 6) is 0.264. The van der Waals surface area contributed by atoms with Crippen molar-refractivity contribution in [3.8, 4) is 10.7 Å². The van der Waals surface area contributed by atoms with Crippen molar-refractivity contribution in [3.63, 3.8) is 0 Å². The maximum absolute atomic E-state index is 12.1. The van der Waals surface area contributed by atoms with E-state index in [1.165, 1.54) is 18.8 Å². The summed E-state index contributed by atoms with van der Waals surface area (Å²) in [7, 11) is 1.46. The lowest BCUT2D eigenvalue weighted by molar-refractivity contribution is -0.119. The molecule has 3 rings (SSSR count). The third-order valence-electron chi connectivity index (χ3n) is 3.43. The van der Waals surface area contributed by atoms with Gasteiger partial charge in [-0.1, -0.05) is 36.0 Å². The number of amides is 3. The number of carbonyl (C=O) groups excluding carboxylic acids is 2. The van der Waals surface area contributed by atoms with Crippen LogP contribution in [0.25, 0.3) is 21.6 Å². The number of benzene rings is 1. The molecule has 0 bridgehead atoms. The fourth-order valence-electron chi connectivity index (χ4n) is 2.15. The first-order chi connectivity index (χ1) is 12.1. The van der Waals surface area contributed by atoms with Gasteiger partial charge in [0.1, 0.15) is 5.03 Å². The quantitative estimate of drug-likeness (QED) is 0.542. The topological polar surface area (TPSA) is 84.0 Å². The second kappa shape index (κ2) is 7.62. The van der Waals surface area contributed by atoms with Crippen molar-refractivity contribution in [1.82, 2.24) is 20.6 Å². The van der Waals surface area contributed by atoms with E-state index in [-0.39, 0.29) is 5.91 Å². The number of thioether (sulfide) groups is 1. The molecule has 0 saturated carbocycles. The molecule has 0 aliphatic heterocycles. The Morgan fingerprint density at radius 2 is 1.96 bits per heavy atom. The molecule has 0 unspecified atom stereocenters. The van der Waals surface area contributed by atoms with Gasteiger partial charge in [0, 0.05) is 12.4 Å². The monoisotopic (exact) mass is 372 g/mol. The molecule has 0 spiro atoms. The summed E-state index contributed by atoms with van der Waals surface area (Å²) in [6.07, 6.45) is 0. The SMILES string of the molecule is CNC(=O)NC(=O)[C@@H](C)Sc1nc(-c2cccs2)nc2ccccc12. The number of para-hydroxylation sites is 1. The zero-order valence-corrected chi connectivity index (χ0v) is 15.3. The lowest BCUT2D eigenvalue weighted by atomic mass is 10.2. The largest absolute Gasteiger partial charge is 0.341 e. The van der Waals surface area contributed by atoms with E-state index >= 15 is 0 Å². The van der Waals surface area contributed by atoms with Crippen LogP contribution in [0.15, 0.2) is 46.8 Å². The predicted molar refractivity (Wildman–Crippen MR) is 101 cm³/mol. The van der Waals surface area contributed by atoms with Crippen LogP contribution in [0.3, 0.4) is 0 Å². The number of hydrogen-bond acceptors (Lipinski definition) is 6. The molecular formula is C17H16N4O2S2. The number of fused-ring (bicyclic) bond motifs is 1. The van der Waals surface area contributed by atoms with Crippen molar-refractivity contribution in [2.45, 2.75) is 17.2 Å². The number of carbonyl (C=O) groups is 2. The normalized spacial score (nSPS) is 11.9. The van der Waals surface area contributed by atoms with Gasteiger partial charge in [-0.3, -0.25) is 10.1 Å². The van der Waals surface area contributed by atoms with Gasteiger partial charge in [-0.15, -0.1) is 11.3 Å². The van der Waals surface area contributed by atoms with Gasteiger partial charge in [0.15, 0.2) is 5.82 Å². The highest BCUT2D eigenvalue weighted by molar-refractivity contribution is 8.00. The van der Waals surface area contributed by atoms with Gasteiger partial charge < -0.3 is 5.32 Å². The number of thiophene rings is 1. The fourth-order valence-corrected chi connectivity index (χ4v) is 3.75. The van der Waals surface area contributed by atoms with Crippen molar-refractivity contribution in [3.05, 3.63) is 41.8 Å². The van der Waals surface area contributed by atoms with Gasteiger partial charge >= 0.3 is 6.03 Å². The van der Waals surface area contributed by atoms with Crippen LogP contribution in [0.2, 0.25) is 0 Å². The van der Waals surface area contributed by atoms with E-state index in [0.29, 0.717) is 10.9 Å². The van der Waals surface area contributed by atoms with Crippen LogP contribution >= 0.6 is 23.1 Å². The zero-order valence-electron chi connectivity index (χ0n) is 13.6. The summed E-state index contributed by atoms with van der Waals surface area (Å²) < 4.78 is 0. The summed E-state index contributed by atoms with van der Waals surface area (Å²) in [5, 5.41) is 7.75. The lowest BCUT2D eigenvalue weighted by Gasteiger charge is -2.12. The molecule has 0 fully saturated rings. The van der Waals surface area contributed by atoms with Gasteiger partial charge in [0.05, 0.1) is 15.6 Å². The number of hydrogen-bond donors (Lipinski definition) is 2. The molecule has 0 saturated heterocycles. The molecule has 2 heterocycles. The number of rotatable bonds is 4. The highest BCUT2D eigenvalue weighted by Gasteiger charge is 2.19. The minimum Gasteiger partial charge on any atom is -0.341 e. The molecule has 128 valence electrons. The van der Waals surface area contributed by atoms with Gasteiger partial charge in [-0.25, -0.2) is 14.8 Å². The number of urea groups is 1. The third kappa shape index (κ3) is 3.97. The molecule has 3 amide bonds. The molecule has 6 nitrogen and oxygen atoms in total. The van der Waals surface area contributed by atoms with Crippen LogP contribution in [0, 0.1) is 0 Å². The second-order valence-electron chi connectivity index (χ2n) is 5.18. The first kappa shape index (κ1) is 17.4. The Kier molecular flexibility index (Phi) is 5.30. The van der Waals surface area contributed by atoms with Crippen molar-refractivity contribution in [2.24, 2.45) is 0 Å². The Labute approximate surface area is 153 Å². The minimum absolute atomic E-state index is 0.371.